The molecular weight excluding hydrogens is 232 g/mol. The summed E-state index contributed by atoms with van der Waals surface area (Å²) in [6, 6.07) is 5.61. The summed E-state index contributed by atoms with van der Waals surface area (Å²) in [7, 11) is 2.99. The van der Waals surface area contributed by atoms with Gasteiger partial charge in [0.1, 0.15) is 0 Å². The minimum absolute atomic E-state index is 0.230. The predicted octanol–water partition coefficient (Wildman–Crippen LogP) is 1.48. The number of hydrogen-bond donors (Lipinski definition) is 0. The Kier molecular flexibility index (Phi) is 6.14. The first kappa shape index (κ1) is 14.4. The Balaban J connectivity index is 2.66. The quantitative estimate of drug-likeness (QED) is 0.688. The molecule has 0 aliphatic rings. The second kappa shape index (κ2) is 7.66. The summed E-state index contributed by atoms with van der Waals surface area (Å²) in [4.78, 5) is 17.6. The molecule has 5 heteroatoms. The fraction of sp³-hybridized carbons (Fsp3) is 0.538. The zero-order valence-electron chi connectivity index (χ0n) is 11.2. The maximum Gasteiger partial charge on any atom is 0.319 e. The lowest BCUT2D eigenvalue weighted by Crippen LogP contribution is -2.31. The van der Waals surface area contributed by atoms with Crippen molar-refractivity contribution in [2.75, 3.05) is 27.3 Å². The van der Waals surface area contributed by atoms with Crippen LogP contribution in [0, 0.1) is 0 Å². The highest BCUT2D eigenvalue weighted by Crippen LogP contribution is 2.09. The molecule has 0 saturated carbocycles. The fourth-order valence-corrected chi connectivity index (χ4v) is 1.67. The van der Waals surface area contributed by atoms with Gasteiger partial charge in [-0.3, -0.25) is 9.69 Å². The predicted molar refractivity (Wildman–Crippen MR) is 68.4 cm³/mol. The van der Waals surface area contributed by atoms with Gasteiger partial charge in [0.15, 0.2) is 0 Å². The Bertz CT molecular complexity index is 382. The first-order valence-corrected chi connectivity index (χ1v) is 5.98. The Hall–Kier alpha value is -1.62. The smallest absolute Gasteiger partial charge is 0.319 e. The molecule has 18 heavy (non-hydrogen) atoms. The molecule has 1 aromatic rings. The van der Waals surface area contributed by atoms with E-state index in [1.54, 1.807) is 13.2 Å². The number of nitrogens with zero attached hydrogens (tertiary/aromatic N) is 2. The molecule has 0 saturated heterocycles. The topological polar surface area (TPSA) is 51.7 Å². The molecule has 0 atom stereocenters. The van der Waals surface area contributed by atoms with E-state index < -0.39 is 0 Å². The molecule has 1 aromatic heterocycles. The number of carbonyl (C=O) groups is 1. The van der Waals surface area contributed by atoms with Crippen molar-refractivity contribution in [1.29, 1.82) is 0 Å². The molecule has 0 unspecified atom stereocenters. The standard InChI is InChI=1S/C13H20N2O3/c1-4-8-15(10-13(16)18-3)9-11-6-5-7-12(14-11)17-2/h5-7H,4,8-10H2,1-3H3. The normalized spacial score (nSPS) is 10.4. The molecule has 0 amide bonds. The first-order chi connectivity index (χ1) is 8.69. The third-order valence-electron chi connectivity index (χ3n) is 2.50. The van der Waals surface area contributed by atoms with Gasteiger partial charge in [-0.25, -0.2) is 4.98 Å². The van der Waals surface area contributed by atoms with Crippen LogP contribution in [0.1, 0.15) is 19.0 Å². The number of carbonyl (C=O) groups excluding carboxylic acids is 1. The third-order valence-corrected chi connectivity index (χ3v) is 2.50. The molecule has 1 rings (SSSR count). The van der Waals surface area contributed by atoms with Gasteiger partial charge in [-0.05, 0) is 19.0 Å². The van der Waals surface area contributed by atoms with Gasteiger partial charge in [-0.15, -0.1) is 0 Å². The van der Waals surface area contributed by atoms with Crippen LogP contribution in [0.5, 0.6) is 5.88 Å². The van der Waals surface area contributed by atoms with Crippen LogP contribution in [-0.4, -0.2) is 43.2 Å². The largest absolute Gasteiger partial charge is 0.481 e. The monoisotopic (exact) mass is 252 g/mol. The zero-order chi connectivity index (χ0) is 13.4. The van der Waals surface area contributed by atoms with Gasteiger partial charge >= 0.3 is 5.97 Å². The molecule has 0 aromatic carbocycles. The molecule has 0 N–H and O–H groups in total. The second-order valence-corrected chi connectivity index (χ2v) is 3.96. The lowest BCUT2D eigenvalue weighted by atomic mass is 10.3. The van der Waals surface area contributed by atoms with E-state index >= 15 is 0 Å². The highest BCUT2D eigenvalue weighted by molar-refractivity contribution is 5.71. The van der Waals surface area contributed by atoms with Gasteiger partial charge in [0.2, 0.25) is 5.88 Å². The molecule has 100 valence electrons. The van der Waals surface area contributed by atoms with E-state index in [0.717, 1.165) is 18.7 Å². The van der Waals surface area contributed by atoms with Crippen molar-refractivity contribution in [2.45, 2.75) is 19.9 Å². The van der Waals surface area contributed by atoms with Crippen molar-refractivity contribution in [2.24, 2.45) is 0 Å². The van der Waals surface area contributed by atoms with Crippen molar-refractivity contribution < 1.29 is 14.3 Å². The van der Waals surface area contributed by atoms with Gasteiger partial charge in [0.05, 0.1) is 26.5 Å². The summed E-state index contributed by atoms with van der Waals surface area (Å²) in [5, 5.41) is 0. The van der Waals surface area contributed by atoms with E-state index in [-0.39, 0.29) is 12.5 Å². The van der Waals surface area contributed by atoms with Crippen LogP contribution in [0.4, 0.5) is 0 Å². The van der Waals surface area contributed by atoms with E-state index in [9.17, 15) is 4.79 Å². The minimum atomic E-state index is -0.230. The number of aromatic nitrogens is 1. The van der Waals surface area contributed by atoms with Crippen LogP contribution < -0.4 is 4.74 Å². The van der Waals surface area contributed by atoms with Gasteiger partial charge in [0.25, 0.3) is 0 Å². The average molecular weight is 252 g/mol. The summed E-state index contributed by atoms with van der Waals surface area (Å²) in [5.41, 5.74) is 0.881. The molecule has 1 heterocycles. The van der Waals surface area contributed by atoms with E-state index in [1.165, 1.54) is 7.11 Å². The van der Waals surface area contributed by atoms with Crippen molar-refractivity contribution in [3.05, 3.63) is 23.9 Å². The molecule has 0 spiro atoms. The SMILES string of the molecule is CCCN(CC(=O)OC)Cc1cccc(OC)n1. The zero-order valence-corrected chi connectivity index (χ0v) is 11.2. The van der Waals surface area contributed by atoms with Crippen molar-refractivity contribution in [1.82, 2.24) is 9.88 Å². The maximum atomic E-state index is 11.3. The van der Waals surface area contributed by atoms with Gasteiger partial charge in [-0.1, -0.05) is 13.0 Å². The van der Waals surface area contributed by atoms with Crippen LogP contribution in [-0.2, 0) is 16.1 Å². The molecular formula is C13H20N2O3. The Morgan fingerprint density at radius 2 is 2.17 bits per heavy atom. The van der Waals surface area contributed by atoms with Crippen LogP contribution in [0.3, 0.4) is 0 Å². The van der Waals surface area contributed by atoms with Crippen LogP contribution >= 0.6 is 0 Å². The average Bonchev–Trinajstić information content (AvgIpc) is 2.39. The molecule has 0 aliphatic carbocycles. The van der Waals surface area contributed by atoms with E-state index in [0.29, 0.717) is 12.4 Å². The van der Waals surface area contributed by atoms with E-state index in [4.69, 9.17) is 4.74 Å². The lowest BCUT2D eigenvalue weighted by Gasteiger charge is -2.19. The van der Waals surface area contributed by atoms with Gasteiger partial charge < -0.3 is 9.47 Å². The van der Waals surface area contributed by atoms with Crippen molar-refractivity contribution >= 4 is 5.97 Å². The fourth-order valence-electron chi connectivity index (χ4n) is 1.67. The summed E-state index contributed by atoms with van der Waals surface area (Å²) < 4.78 is 9.76. The molecule has 0 bridgehead atoms. The number of methoxy groups -OCH3 is 2. The number of esters is 1. The number of hydrogen-bond acceptors (Lipinski definition) is 5. The molecule has 0 radical (unpaired) electrons. The molecule has 0 fully saturated rings. The molecule has 0 aliphatic heterocycles. The van der Waals surface area contributed by atoms with E-state index in [2.05, 4.69) is 16.6 Å². The number of rotatable bonds is 7. The Labute approximate surface area is 108 Å². The van der Waals surface area contributed by atoms with Crippen LogP contribution in [0.15, 0.2) is 18.2 Å². The highest BCUT2D eigenvalue weighted by Gasteiger charge is 2.11. The summed E-state index contributed by atoms with van der Waals surface area (Å²) in [6.07, 6.45) is 0.973. The number of ether oxygens (including phenoxy) is 2. The van der Waals surface area contributed by atoms with E-state index in [1.807, 2.05) is 17.0 Å². The summed E-state index contributed by atoms with van der Waals surface area (Å²) in [6.45, 7) is 3.79. The van der Waals surface area contributed by atoms with Crippen LogP contribution in [0.2, 0.25) is 0 Å². The first-order valence-electron chi connectivity index (χ1n) is 5.98. The lowest BCUT2D eigenvalue weighted by molar-refractivity contribution is -0.142. The molecule has 5 nitrogen and oxygen atoms in total. The second-order valence-electron chi connectivity index (χ2n) is 3.96. The summed E-state index contributed by atoms with van der Waals surface area (Å²) in [5.74, 6) is 0.355. The number of pyridine rings is 1. The van der Waals surface area contributed by atoms with Gasteiger partial charge in [0, 0.05) is 12.6 Å². The Morgan fingerprint density at radius 3 is 2.78 bits per heavy atom. The maximum absolute atomic E-state index is 11.3. The minimum Gasteiger partial charge on any atom is -0.481 e. The highest BCUT2D eigenvalue weighted by atomic mass is 16.5. The van der Waals surface area contributed by atoms with Crippen molar-refractivity contribution in [3.8, 4) is 5.88 Å². The van der Waals surface area contributed by atoms with Crippen LogP contribution in [0.25, 0.3) is 0 Å². The van der Waals surface area contributed by atoms with Crippen molar-refractivity contribution in [3.63, 3.8) is 0 Å². The van der Waals surface area contributed by atoms with Gasteiger partial charge in [-0.2, -0.15) is 0 Å². The Morgan fingerprint density at radius 1 is 1.39 bits per heavy atom. The summed E-state index contributed by atoms with van der Waals surface area (Å²) >= 11 is 0. The third kappa shape index (κ3) is 4.71.